The van der Waals surface area contributed by atoms with Gasteiger partial charge in [0.05, 0.1) is 11.3 Å². The molecule has 0 aromatic heterocycles. The van der Waals surface area contributed by atoms with Gasteiger partial charge in [0.15, 0.2) is 0 Å². The summed E-state index contributed by atoms with van der Waals surface area (Å²) in [5.41, 5.74) is 10.7. The van der Waals surface area contributed by atoms with Gasteiger partial charge in [-0.3, -0.25) is 9.59 Å². The summed E-state index contributed by atoms with van der Waals surface area (Å²) >= 11 is 0. The SMILES string of the molecule is CC(=O)Nc1c(C(N)=O)cc(-c2ccccc2)c2c1CN(C)CC2. The van der Waals surface area contributed by atoms with E-state index < -0.39 is 5.91 Å². The zero-order valence-corrected chi connectivity index (χ0v) is 13.9. The molecule has 0 radical (unpaired) electrons. The number of amides is 2. The van der Waals surface area contributed by atoms with E-state index in [1.807, 2.05) is 43.4 Å². The molecule has 0 saturated carbocycles. The third-order valence-corrected chi connectivity index (χ3v) is 4.37. The third kappa shape index (κ3) is 3.03. The Morgan fingerprint density at radius 1 is 1.17 bits per heavy atom. The lowest BCUT2D eigenvalue weighted by Gasteiger charge is -2.30. The quantitative estimate of drug-likeness (QED) is 0.911. The lowest BCUT2D eigenvalue weighted by molar-refractivity contribution is -0.114. The molecule has 124 valence electrons. The van der Waals surface area contributed by atoms with Crippen LogP contribution in [0, 0.1) is 0 Å². The number of rotatable bonds is 3. The highest BCUT2D eigenvalue weighted by Crippen LogP contribution is 2.37. The summed E-state index contributed by atoms with van der Waals surface area (Å²) in [5, 5.41) is 2.82. The first-order chi connectivity index (χ1) is 11.5. The summed E-state index contributed by atoms with van der Waals surface area (Å²) in [6.07, 6.45) is 0.863. The fraction of sp³-hybridized carbons (Fsp3) is 0.263. The van der Waals surface area contributed by atoms with Crippen molar-refractivity contribution in [1.82, 2.24) is 4.90 Å². The molecule has 0 bridgehead atoms. The first-order valence-corrected chi connectivity index (χ1v) is 7.97. The van der Waals surface area contributed by atoms with Crippen LogP contribution in [-0.4, -0.2) is 30.3 Å². The van der Waals surface area contributed by atoms with Gasteiger partial charge in [-0.15, -0.1) is 0 Å². The Morgan fingerprint density at radius 2 is 1.88 bits per heavy atom. The number of carbonyl (C=O) groups is 2. The van der Waals surface area contributed by atoms with Crippen molar-refractivity contribution in [3.05, 3.63) is 53.1 Å². The van der Waals surface area contributed by atoms with Gasteiger partial charge >= 0.3 is 0 Å². The first-order valence-electron chi connectivity index (χ1n) is 7.97. The zero-order valence-electron chi connectivity index (χ0n) is 13.9. The van der Waals surface area contributed by atoms with Crippen LogP contribution in [-0.2, 0) is 17.8 Å². The summed E-state index contributed by atoms with van der Waals surface area (Å²) in [6, 6.07) is 11.8. The van der Waals surface area contributed by atoms with Crippen LogP contribution in [0.1, 0.15) is 28.4 Å². The van der Waals surface area contributed by atoms with Crippen LogP contribution in [0.3, 0.4) is 0 Å². The minimum atomic E-state index is -0.535. The van der Waals surface area contributed by atoms with Gasteiger partial charge in [0, 0.05) is 20.0 Å². The molecule has 1 heterocycles. The van der Waals surface area contributed by atoms with E-state index in [0.717, 1.165) is 29.7 Å². The second-order valence-corrected chi connectivity index (χ2v) is 6.20. The molecule has 0 atom stereocenters. The fourth-order valence-corrected chi connectivity index (χ4v) is 3.28. The summed E-state index contributed by atoms with van der Waals surface area (Å²) in [6.45, 7) is 3.04. The summed E-state index contributed by atoms with van der Waals surface area (Å²) in [4.78, 5) is 25.8. The number of nitrogens with two attached hydrogens (primary N) is 1. The van der Waals surface area contributed by atoms with Gasteiger partial charge in [-0.2, -0.15) is 0 Å². The van der Waals surface area contributed by atoms with Crippen LogP contribution in [0.15, 0.2) is 36.4 Å². The van der Waals surface area contributed by atoms with Crippen LogP contribution >= 0.6 is 0 Å². The van der Waals surface area contributed by atoms with Crippen LogP contribution < -0.4 is 11.1 Å². The Kier molecular flexibility index (Phi) is 4.36. The van der Waals surface area contributed by atoms with Gasteiger partial charge < -0.3 is 16.0 Å². The predicted octanol–water partition coefficient (Wildman–Crippen LogP) is 2.40. The predicted molar refractivity (Wildman–Crippen MR) is 94.7 cm³/mol. The number of hydrogen-bond donors (Lipinski definition) is 2. The third-order valence-electron chi connectivity index (χ3n) is 4.37. The summed E-state index contributed by atoms with van der Waals surface area (Å²) < 4.78 is 0. The molecule has 1 aliphatic heterocycles. The van der Waals surface area contributed by atoms with Crippen molar-refractivity contribution in [2.24, 2.45) is 5.73 Å². The van der Waals surface area contributed by atoms with E-state index in [1.54, 1.807) is 0 Å². The van der Waals surface area contributed by atoms with Crippen molar-refractivity contribution < 1.29 is 9.59 Å². The highest BCUT2D eigenvalue weighted by Gasteiger charge is 2.25. The molecular formula is C19H21N3O2. The van der Waals surface area contributed by atoms with Crippen LogP contribution in [0.2, 0.25) is 0 Å². The second-order valence-electron chi connectivity index (χ2n) is 6.20. The van der Waals surface area contributed by atoms with Crippen molar-refractivity contribution >= 4 is 17.5 Å². The Morgan fingerprint density at radius 3 is 2.50 bits per heavy atom. The van der Waals surface area contributed by atoms with Gasteiger partial charge in [0.2, 0.25) is 5.91 Å². The van der Waals surface area contributed by atoms with E-state index in [4.69, 9.17) is 5.73 Å². The molecule has 0 spiro atoms. The molecule has 0 fully saturated rings. The topological polar surface area (TPSA) is 75.4 Å². The normalized spacial score (nSPS) is 14.1. The number of fused-ring (bicyclic) bond motifs is 1. The average Bonchev–Trinajstić information content (AvgIpc) is 2.55. The first kappa shape index (κ1) is 16.2. The maximum absolute atomic E-state index is 12.0. The van der Waals surface area contributed by atoms with E-state index in [-0.39, 0.29) is 5.91 Å². The van der Waals surface area contributed by atoms with Crippen molar-refractivity contribution in [3.63, 3.8) is 0 Å². The van der Waals surface area contributed by atoms with E-state index in [9.17, 15) is 9.59 Å². The van der Waals surface area contributed by atoms with Crippen molar-refractivity contribution in [2.75, 3.05) is 18.9 Å². The number of benzene rings is 2. The van der Waals surface area contributed by atoms with E-state index in [2.05, 4.69) is 10.2 Å². The molecule has 2 aromatic rings. The second kappa shape index (κ2) is 6.45. The molecule has 3 N–H and O–H groups in total. The van der Waals surface area contributed by atoms with Gasteiger partial charge in [0.1, 0.15) is 0 Å². The minimum absolute atomic E-state index is 0.208. The molecular weight excluding hydrogens is 302 g/mol. The molecule has 2 amide bonds. The lowest BCUT2D eigenvalue weighted by Crippen LogP contribution is -2.30. The smallest absolute Gasteiger partial charge is 0.250 e. The maximum atomic E-state index is 12.0. The van der Waals surface area contributed by atoms with Crippen molar-refractivity contribution in [3.8, 4) is 11.1 Å². The number of hydrogen-bond acceptors (Lipinski definition) is 3. The zero-order chi connectivity index (χ0) is 17.3. The molecule has 3 rings (SSSR count). The number of nitrogens with zero attached hydrogens (tertiary/aromatic N) is 1. The number of primary amides is 1. The van der Waals surface area contributed by atoms with Crippen LogP contribution in [0.25, 0.3) is 11.1 Å². The summed E-state index contributed by atoms with van der Waals surface area (Å²) in [7, 11) is 2.03. The molecule has 24 heavy (non-hydrogen) atoms. The number of carbonyl (C=O) groups excluding carboxylic acids is 2. The van der Waals surface area contributed by atoms with Gasteiger partial charge in [-0.05, 0) is 41.8 Å². The monoisotopic (exact) mass is 323 g/mol. The number of nitrogens with one attached hydrogen (secondary N) is 1. The van der Waals surface area contributed by atoms with Gasteiger partial charge in [-0.1, -0.05) is 30.3 Å². The molecule has 0 aliphatic carbocycles. The Labute approximate surface area is 141 Å². The van der Waals surface area contributed by atoms with E-state index >= 15 is 0 Å². The number of likely N-dealkylation sites (N-methyl/N-ethyl adjacent to an activating group) is 1. The largest absolute Gasteiger partial charge is 0.366 e. The number of anilines is 1. The molecule has 0 unspecified atom stereocenters. The molecule has 0 saturated heterocycles. The van der Waals surface area contributed by atoms with Gasteiger partial charge in [-0.25, -0.2) is 0 Å². The molecule has 1 aliphatic rings. The molecule has 5 heteroatoms. The standard InChI is InChI=1S/C19H21N3O2/c1-12(23)21-18-16(19(20)24)10-15(13-6-4-3-5-7-13)14-8-9-22(2)11-17(14)18/h3-7,10H,8-9,11H2,1-2H3,(H2,20,24)(H,21,23). The van der Waals surface area contributed by atoms with Crippen molar-refractivity contribution in [1.29, 1.82) is 0 Å². The molecule has 2 aromatic carbocycles. The fourth-order valence-electron chi connectivity index (χ4n) is 3.28. The minimum Gasteiger partial charge on any atom is -0.366 e. The lowest BCUT2D eigenvalue weighted by atomic mass is 9.87. The Bertz CT molecular complexity index is 800. The summed E-state index contributed by atoms with van der Waals surface area (Å²) in [5.74, 6) is -0.743. The Balaban J connectivity index is 2.29. The van der Waals surface area contributed by atoms with E-state index in [0.29, 0.717) is 17.8 Å². The van der Waals surface area contributed by atoms with Gasteiger partial charge in [0.25, 0.3) is 5.91 Å². The van der Waals surface area contributed by atoms with E-state index in [1.165, 1.54) is 12.5 Å². The maximum Gasteiger partial charge on any atom is 0.250 e. The molecule has 5 nitrogen and oxygen atoms in total. The highest BCUT2D eigenvalue weighted by atomic mass is 16.2. The average molecular weight is 323 g/mol. The highest BCUT2D eigenvalue weighted by molar-refractivity contribution is 6.05. The van der Waals surface area contributed by atoms with Crippen LogP contribution in [0.5, 0.6) is 0 Å². The van der Waals surface area contributed by atoms with Crippen molar-refractivity contribution in [2.45, 2.75) is 19.9 Å². The Hall–Kier alpha value is -2.66. The van der Waals surface area contributed by atoms with Crippen LogP contribution in [0.4, 0.5) is 5.69 Å².